The molecule has 0 N–H and O–H groups in total. The Morgan fingerprint density at radius 3 is 2.83 bits per heavy atom. The Kier molecular flexibility index (Phi) is 1.66. The molecule has 0 saturated heterocycles. The minimum Gasteiger partial charge on any atom is -0.105 e. The van der Waals surface area contributed by atoms with Crippen LogP contribution in [0, 0.1) is 6.92 Å². The summed E-state index contributed by atoms with van der Waals surface area (Å²) in [7, 11) is 4.22. The van der Waals surface area contributed by atoms with Crippen molar-refractivity contribution in [2.75, 3.05) is 0 Å². The van der Waals surface area contributed by atoms with E-state index >= 15 is 0 Å². The van der Waals surface area contributed by atoms with Gasteiger partial charge in [0.1, 0.15) is 0 Å². The zero-order valence-corrected chi connectivity index (χ0v) is 6.26. The Morgan fingerprint density at radius 2 is 2.67 bits per heavy atom. The van der Waals surface area contributed by atoms with Gasteiger partial charge >= 0.3 is 0 Å². The molecular weight excluding hydrogens is 129 g/mol. The van der Waals surface area contributed by atoms with Crippen LogP contribution >= 0.6 is 23.3 Å². The van der Waals surface area contributed by atoms with E-state index in [1.54, 1.807) is 12.8 Å². The highest BCUT2D eigenvalue weighted by molar-refractivity contribution is 8.17. The van der Waals surface area contributed by atoms with Crippen molar-refractivity contribution < 1.29 is 0 Å². The molecule has 1 aromatic rings. The second kappa shape index (κ2) is 2.08. The van der Waals surface area contributed by atoms with Crippen LogP contribution in [0.15, 0.2) is 5.80 Å². The first kappa shape index (κ1) is 4.79. The van der Waals surface area contributed by atoms with Gasteiger partial charge in [-0.3, -0.25) is 0 Å². The second-order valence-corrected chi connectivity index (χ2v) is 6.54. The van der Waals surface area contributed by atoms with E-state index in [0.717, 1.165) is 7.87 Å². The molecule has 0 spiro atoms. The van der Waals surface area contributed by atoms with Crippen molar-refractivity contribution in [3.05, 3.63) is 11.1 Å². The zero-order chi connectivity index (χ0) is 4.41. The van der Waals surface area contributed by atoms with Crippen molar-refractivity contribution in [2.45, 2.75) is 6.92 Å². The molecule has 0 nitrogen and oxygen atoms in total. The predicted molar refractivity (Wildman–Crippen MR) is 35.7 cm³/mol. The lowest BCUT2D eigenvalue weighted by Gasteiger charge is -1.64. The van der Waals surface area contributed by atoms with Gasteiger partial charge in [-0.05, 0) is 33.4 Å². The molecule has 0 fully saturated rings. The largest absolute Gasteiger partial charge is 0.105 e. The second-order valence-electron chi connectivity index (χ2n) is 1.11. The molecule has 32 valence electrons. The fraction of sp³-hybridized carbons (Fsp3) is 0.333. The lowest BCUT2D eigenvalue weighted by Crippen LogP contribution is -1.38. The lowest BCUT2D eigenvalue weighted by atomic mass is 10.7. The van der Waals surface area contributed by atoms with Crippen molar-refractivity contribution >= 4 is 23.3 Å². The van der Waals surface area contributed by atoms with Crippen LogP contribution in [0.4, 0.5) is 0 Å². The van der Waals surface area contributed by atoms with Crippen LogP contribution < -0.4 is 0 Å². The zero-order valence-electron chi connectivity index (χ0n) is 3.47. The van der Waals surface area contributed by atoms with E-state index in [0.29, 0.717) is 0 Å². The molecule has 1 atom stereocenters. The maximum Gasteiger partial charge on any atom is -0.0149 e. The van der Waals surface area contributed by atoms with Crippen LogP contribution in [-0.4, -0.2) is 0 Å². The molecule has 0 saturated carbocycles. The van der Waals surface area contributed by atoms with Gasteiger partial charge in [0.05, 0.1) is 0 Å². The van der Waals surface area contributed by atoms with Gasteiger partial charge in [-0.2, -0.15) is 0 Å². The summed E-state index contributed by atoms with van der Waals surface area (Å²) in [6, 6.07) is 0. The van der Waals surface area contributed by atoms with E-state index in [1.807, 2.05) is 0 Å². The normalized spacial score (nSPS) is 12.8. The molecule has 3 heteroatoms. The number of aryl methyl sites for hydroxylation is 1. The maximum absolute atomic E-state index is 2.32. The SMILES string of the molecule is Cc1c[pH]pp1. The Labute approximate surface area is 42.1 Å². The summed E-state index contributed by atoms with van der Waals surface area (Å²) < 4.78 is 0. The Bertz CT molecular complexity index is 110. The van der Waals surface area contributed by atoms with Gasteiger partial charge in [0.2, 0.25) is 0 Å². The topological polar surface area (TPSA) is 0 Å². The van der Waals surface area contributed by atoms with Gasteiger partial charge in [-0.15, -0.1) is 7.87 Å². The molecule has 1 heterocycles. The average molecular weight is 134 g/mol. The Hall–Kier alpha value is 0.640. The summed E-state index contributed by atoms with van der Waals surface area (Å²) in [5.74, 6) is 2.32. The summed E-state index contributed by atoms with van der Waals surface area (Å²) >= 11 is 0. The number of hydrogen-bond acceptors (Lipinski definition) is 0. The molecule has 1 aromatic heterocycles. The third-order valence-electron chi connectivity index (χ3n) is 0.539. The molecule has 0 aliphatic heterocycles. The van der Waals surface area contributed by atoms with E-state index in [-0.39, 0.29) is 0 Å². The molecule has 0 radical (unpaired) electrons. The van der Waals surface area contributed by atoms with Crippen LogP contribution in [0.5, 0.6) is 0 Å². The van der Waals surface area contributed by atoms with Crippen molar-refractivity contribution in [1.82, 2.24) is 0 Å². The molecule has 1 rings (SSSR count). The monoisotopic (exact) mass is 134 g/mol. The molecule has 0 aliphatic rings. The quantitative estimate of drug-likeness (QED) is 0.511. The molecule has 0 amide bonds. The molecular formula is C3H5P3. The van der Waals surface area contributed by atoms with Crippen LogP contribution in [0.2, 0.25) is 0 Å². The summed E-state index contributed by atoms with van der Waals surface area (Å²) in [5.41, 5.74) is 0. The highest BCUT2D eigenvalue weighted by Crippen LogP contribution is 2.35. The average Bonchev–Trinajstić information content (AvgIpc) is 1.86. The van der Waals surface area contributed by atoms with E-state index in [4.69, 9.17) is 0 Å². The first-order valence-electron chi connectivity index (χ1n) is 1.72. The third-order valence-corrected chi connectivity index (χ3v) is 5.92. The number of hydrogen-bond donors (Lipinski definition) is 0. The molecule has 0 aromatic carbocycles. The predicted octanol–water partition coefficient (Wildman–Crippen LogP) is 3.19. The summed E-state index contributed by atoms with van der Waals surface area (Å²) in [6.07, 6.45) is 0. The minimum atomic E-state index is 1.09. The highest BCUT2D eigenvalue weighted by atomic mass is 32.1. The van der Waals surface area contributed by atoms with Crippen LogP contribution in [0.1, 0.15) is 5.30 Å². The minimum absolute atomic E-state index is 1.09. The molecule has 0 bridgehead atoms. The Morgan fingerprint density at radius 1 is 1.83 bits per heavy atom. The first-order valence-corrected chi connectivity index (χ1v) is 6.14. The fourth-order valence-corrected chi connectivity index (χ4v) is 5.83. The summed E-state index contributed by atoms with van der Waals surface area (Å²) in [6.45, 7) is 2.19. The van der Waals surface area contributed by atoms with E-state index in [9.17, 15) is 0 Å². The Balaban J connectivity index is 3.05. The molecule has 6 heavy (non-hydrogen) atoms. The van der Waals surface area contributed by atoms with Gasteiger partial charge in [-0.25, -0.2) is 0 Å². The first-order chi connectivity index (χ1) is 2.89. The molecule has 1 unspecified atom stereocenters. The van der Waals surface area contributed by atoms with E-state index in [2.05, 4.69) is 12.7 Å². The van der Waals surface area contributed by atoms with E-state index < -0.39 is 0 Å². The lowest BCUT2D eigenvalue weighted by molar-refractivity contribution is 1.68. The summed E-state index contributed by atoms with van der Waals surface area (Å²) in [4.78, 5) is 0. The van der Waals surface area contributed by atoms with Crippen LogP contribution in [-0.2, 0) is 0 Å². The van der Waals surface area contributed by atoms with Gasteiger partial charge in [-0.1, -0.05) is 0 Å². The van der Waals surface area contributed by atoms with Crippen LogP contribution in [0.25, 0.3) is 0 Å². The maximum atomic E-state index is 2.32. The van der Waals surface area contributed by atoms with Crippen LogP contribution in [0.3, 0.4) is 0 Å². The van der Waals surface area contributed by atoms with Gasteiger partial charge < -0.3 is 0 Å². The smallest absolute Gasteiger partial charge is 0.0149 e. The summed E-state index contributed by atoms with van der Waals surface area (Å²) in [5, 5.41) is 1.55. The fourth-order valence-electron chi connectivity index (χ4n) is 0.259. The van der Waals surface area contributed by atoms with Gasteiger partial charge in [0.15, 0.2) is 0 Å². The molecule has 0 aliphatic carbocycles. The van der Waals surface area contributed by atoms with Gasteiger partial charge in [0, 0.05) is 0 Å². The van der Waals surface area contributed by atoms with E-state index in [1.165, 1.54) is 7.87 Å². The van der Waals surface area contributed by atoms with Crippen molar-refractivity contribution in [2.24, 2.45) is 0 Å². The van der Waals surface area contributed by atoms with Crippen molar-refractivity contribution in [1.29, 1.82) is 0 Å². The highest BCUT2D eigenvalue weighted by Gasteiger charge is 1.75. The number of rotatable bonds is 0. The van der Waals surface area contributed by atoms with Gasteiger partial charge in [0.25, 0.3) is 0 Å². The van der Waals surface area contributed by atoms with Crippen molar-refractivity contribution in [3.63, 3.8) is 0 Å². The third kappa shape index (κ3) is 1.05. The van der Waals surface area contributed by atoms with Crippen molar-refractivity contribution in [3.8, 4) is 0 Å². The standard InChI is InChI=1S/C3H5P3/c1-3-2-4-6-5-3/h2,4H,1H3.